The van der Waals surface area contributed by atoms with E-state index in [2.05, 4.69) is 13.8 Å². The summed E-state index contributed by atoms with van der Waals surface area (Å²) in [5.41, 5.74) is 8.64. The lowest BCUT2D eigenvalue weighted by Crippen LogP contribution is -3.05. The molecule has 0 aromatic rings. The van der Waals surface area contributed by atoms with E-state index < -0.39 is 0 Å². The first-order valence-corrected chi connectivity index (χ1v) is 9.39. The zero-order valence-corrected chi connectivity index (χ0v) is 12.8. The Bertz CT molecular complexity index is 566. The van der Waals surface area contributed by atoms with Gasteiger partial charge in [-0.15, -0.1) is 0 Å². The minimum absolute atomic E-state index is 0.852. The molecule has 2 N–H and O–H groups in total. The Balaban J connectivity index is 1.39. The van der Waals surface area contributed by atoms with Crippen LogP contribution in [0.25, 0.3) is 0 Å². The van der Waals surface area contributed by atoms with Gasteiger partial charge in [-0.05, 0) is 102 Å². The average molecular weight is 269 g/mol. The minimum atomic E-state index is 0.852. The molecule has 7 rings (SSSR count). The summed E-state index contributed by atoms with van der Waals surface area (Å²) in [5.74, 6) is 10.0. The monoisotopic (exact) mass is 269 g/mol. The van der Waals surface area contributed by atoms with Gasteiger partial charge in [0.1, 0.15) is 0 Å². The number of hydrogen-bond donors (Lipinski definition) is 1. The zero-order valence-electron chi connectivity index (χ0n) is 12.8. The summed E-state index contributed by atoms with van der Waals surface area (Å²) >= 11 is 0. The molecule has 12 atom stereocenters. The van der Waals surface area contributed by atoms with Crippen LogP contribution in [0.4, 0.5) is 0 Å². The van der Waals surface area contributed by atoms with Crippen LogP contribution in [0.5, 0.6) is 0 Å². The van der Waals surface area contributed by atoms with E-state index >= 15 is 0 Å². The van der Waals surface area contributed by atoms with Gasteiger partial charge in [0.25, 0.3) is 0 Å². The molecule has 7 aliphatic rings. The number of hydrogen-bond acceptors (Lipinski definition) is 1. The Morgan fingerprint density at radius 2 is 1.85 bits per heavy atom. The van der Waals surface area contributed by atoms with Crippen LogP contribution in [0.3, 0.4) is 0 Å². The van der Waals surface area contributed by atoms with Crippen molar-refractivity contribution in [1.82, 2.24) is 0 Å². The molecule has 20 heavy (non-hydrogen) atoms. The third-order valence-corrected chi connectivity index (χ3v) is 11.3. The standard InChI is InChI=1S/C19H27N/c1-8-9(2)19-16(15-11-3-4-12(11)18(8,15)19)14-5-13-10(7-20)6-17(13,14)19/h8-16H,3-7,20H2,1-2H3. The molecular formula is C19H27N. The summed E-state index contributed by atoms with van der Waals surface area (Å²) in [5, 5.41) is 0. The molecule has 0 bridgehead atoms. The molecule has 12 unspecified atom stereocenters. The molecular weight excluding hydrogens is 242 g/mol. The van der Waals surface area contributed by atoms with E-state index in [1.54, 1.807) is 19.3 Å². The normalized spacial score (nSPS) is 83.2. The first-order chi connectivity index (χ1) is 9.69. The van der Waals surface area contributed by atoms with Crippen molar-refractivity contribution in [3.63, 3.8) is 0 Å². The lowest BCUT2D eigenvalue weighted by atomic mass is 8.95. The van der Waals surface area contributed by atoms with Gasteiger partial charge < -0.3 is 5.73 Å². The SMILES string of the molecule is CC1C(C)C23C(C4CC5C(CN)CC542)C2C4CCC4C123. The van der Waals surface area contributed by atoms with Crippen LogP contribution in [0.2, 0.25) is 0 Å². The van der Waals surface area contributed by atoms with Crippen LogP contribution in [-0.2, 0) is 0 Å². The van der Waals surface area contributed by atoms with Crippen LogP contribution in [0, 0.1) is 69.5 Å². The first kappa shape index (κ1) is 10.6. The summed E-state index contributed by atoms with van der Waals surface area (Å²) in [6, 6.07) is 0. The summed E-state index contributed by atoms with van der Waals surface area (Å²) in [6.07, 6.45) is 6.31. The van der Waals surface area contributed by atoms with E-state index in [4.69, 9.17) is 5.73 Å². The van der Waals surface area contributed by atoms with Crippen LogP contribution < -0.4 is 5.73 Å². The van der Waals surface area contributed by atoms with Crippen molar-refractivity contribution in [2.75, 3.05) is 6.54 Å². The Labute approximate surface area is 122 Å². The molecule has 0 saturated heterocycles. The lowest BCUT2D eigenvalue weighted by molar-refractivity contribution is -0.619. The van der Waals surface area contributed by atoms with Crippen molar-refractivity contribution in [3.05, 3.63) is 0 Å². The molecule has 7 aliphatic carbocycles. The highest BCUT2D eigenvalue weighted by atomic mass is 15.1. The highest BCUT2D eigenvalue weighted by Gasteiger charge is 3.05. The zero-order chi connectivity index (χ0) is 13.2. The van der Waals surface area contributed by atoms with Gasteiger partial charge in [-0.2, -0.15) is 0 Å². The quantitative estimate of drug-likeness (QED) is 0.777. The largest absolute Gasteiger partial charge is 0.330 e. The highest BCUT2D eigenvalue weighted by molar-refractivity contribution is 5.51. The van der Waals surface area contributed by atoms with Crippen LogP contribution in [0.1, 0.15) is 39.5 Å². The molecule has 0 aromatic heterocycles. The van der Waals surface area contributed by atoms with Crippen LogP contribution in [0.15, 0.2) is 0 Å². The summed E-state index contributed by atoms with van der Waals surface area (Å²) in [4.78, 5) is 0. The van der Waals surface area contributed by atoms with E-state index in [-0.39, 0.29) is 0 Å². The summed E-state index contributed by atoms with van der Waals surface area (Å²) < 4.78 is 0. The third kappa shape index (κ3) is 0.517. The highest BCUT2D eigenvalue weighted by Crippen LogP contribution is 3.08. The lowest BCUT2D eigenvalue weighted by Gasteiger charge is -3.08. The second kappa shape index (κ2) is 2.45. The third-order valence-electron chi connectivity index (χ3n) is 11.3. The van der Waals surface area contributed by atoms with Gasteiger partial charge >= 0.3 is 0 Å². The van der Waals surface area contributed by atoms with Crippen molar-refractivity contribution in [2.24, 2.45) is 75.2 Å². The van der Waals surface area contributed by atoms with Gasteiger partial charge in [0, 0.05) is 0 Å². The van der Waals surface area contributed by atoms with Crippen LogP contribution in [-0.4, -0.2) is 6.54 Å². The van der Waals surface area contributed by atoms with Gasteiger partial charge in [0.05, 0.1) is 0 Å². The summed E-state index contributed by atoms with van der Waals surface area (Å²) in [7, 11) is 0. The van der Waals surface area contributed by atoms with Crippen molar-refractivity contribution in [2.45, 2.75) is 39.5 Å². The molecule has 7 saturated carbocycles. The second-order valence-corrected chi connectivity index (χ2v) is 9.97. The average Bonchev–Trinajstić information content (AvgIpc) is 2.40. The predicted octanol–water partition coefficient (Wildman–Crippen LogP) is 3.15. The number of fused-ring (bicyclic) bond motifs is 4. The van der Waals surface area contributed by atoms with Gasteiger partial charge in [0.15, 0.2) is 0 Å². The molecule has 1 heteroatoms. The Kier molecular flexibility index (Phi) is 1.30. The molecule has 108 valence electrons. The van der Waals surface area contributed by atoms with E-state index in [0.717, 1.165) is 46.5 Å². The molecule has 0 radical (unpaired) electrons. The van der Waals surface area contributed by atoms with E-state index in [0.29, 0.717) is 0 Å². The topological polar surface area (TPSA) is 26.0 Å². The van der Waals surface area contributed by atoms with E-state index in [1.165, 1.54) is 36.0 Å². The Hall–Kier alpha value is -0.0400. The molecule has 0 aliphatic heterocycles. The maximum absolute atomic E-state index is 6.04. The number of rotatable bonds is 1. The first-order valence-electron chi connectivity index (χ1n) is 9.39. The molecule has 0 aromatic carbocycles. The fourth-order valence-electron chi connectivity index (χ4n) is 11.3. The van der Waals surface area contributed by atoms with E-state index in [1.807, 2.05) is 0 Å². The Morgan fingerprint density at radius 3 is 2.50 bits per heavy atom. The minimum Gasteiger partial charge on any atom is -0.330 e. The Morgan fingerprint density at radius 1 is 1.00 bits per heavy atom. The molecule has 1 nitrogen and oxygen atoms in total. The maximum atomic E-state index is 6.04. The van der Waals surface area contributed by atoms with E-state index in [9.17, 15) is 0 Å². The van der Waals surface area contributed by atoms with Gasteiger partial charge in [-0.3, -0.25) is 0 Å². The van der Waals surface area contributed by atoms with Crippen molar-refractivity contribution in [3.8, 4) is 0 Å². The van der Waals surface area contributed by atoms with Crippen LogP contribution >= 0.6 is 0 Å². The fraction of sp³-hybridized carbons (Fsp3) is 1.00. The number of nitrogens with two attached hydrogens (primary N) is 1. The van der Waals surface area contributed by atoms with Crippen molar-refractivity contribution < 1.29 is 0 Å². The summed E-state index contributed by atoms with van der Waals surface area (Å²) in [6.45, 7) is 6.25. The predicted molar refractivity (Wildman–Crippen MR) is 77.6 cm³/mol. The maximum Gasteiger partial charge on any atom is -0.00458 e. The molecule has 3 spiro atoms. The molecule has 7 fully saturated rings. The van der Waals surface area contributed by atoms with Crippen molar-refractivity contribution in [1.29, 1.82) is 0 Å². The second-order valence-electron chi connectivity index (χ2n) is 9.97. The van der Waals surface area contributed by atoms with Gasteiger partial charge in [-0.25, -0.2) is 0 Å². The molecule has 0 heterocycles. The van der Waals surface area contributed by atoms with Crippen molar-refractivity contribution >= 4 is 0 Å². The fourth-order valence-corrected chi connectivity index (χ4v) is 11.3. The van der Waals surface area contributed by atoms with Gasteiger partial charge in [-0.1, -0.05) is 13.8 Å². The van der Waals surface area contributed by atoms with Gasteiger partial charge in [0.2, 0.25) is 0 Å². The smallest absolute Gasteiger partial charge is 0.00458 e. The molecule has 0 amide bonds.